The number of benzene rings is 1. The molecule has 0 N–H and O–H groups in total. The highest BCUT2D eigenvalue weighted by Crippen LogP contribution is 2.20. The second kappa shape index (κ2) is 10.8. The van der Waals surface area contributed by atoms with Gasteiger partial charge in [-0.1, -0.05) is 18.2 Å². The first kappa shape index (κ1) is 19.2. The van der Waals surface area contributed by atoms with Gasteiger partial charge in [-0.05, 0) is 26.0 Å². The largest absolute Gasteiger partial charge is 0.466 e. The molecule has 0 heterocycles. The molecule has 0 bridgehead atoms. The van der Waals surface area contributed by atoms with Crippen LogP contribution in [0.2, 0.25) is 0 Å². The monoisotopic (exact) mass is 338 g/mol. The van der Waals surface area contributed by atoms with Crippen LogP contribution in [0, 0.1) is 5.92 Å². The minimum absolute atomic E-state index is 0.0164. The molecular formula is C17H22O5S. The molecule has 23 heavy (non-hydrogen) atoms. The second-order valence-electron chi connectivity index (χ2n) is 4.80. The van der Waals surface area contributed by atoms with Gasteiger partial charge in [0.2, 0.25) is 0 Å². The van der Waals surface area contributed by atoms with Crippen LogP contribution in [0.3, 0.4) is 0 Å². The zero-order valence-corrected chi connectivity index (χ0v) is 14.3. The molecule has 1 aromatic carbocycles. The Labute approximate surface area is 140 Å². The lowest BCUT2D eigenvalue weighted by molar-refractivity contribution is -0.155. The molecule has 126 valence electrons. The number of thioether (sulfide) groups is 1. The maximum Gasteiger partial charge on any atom is 0.309 e. The van der Waals surface area contributed by atoms with Crippen LogP contribution in [-0.4, -0.2) is 36.7 Å². The lowest BCUT2D eigenvalue weighted by atomic mass is 9.99. The van der Waals surface area contributed by atoms with Gasteiger partial charge in [-0.3, -0.25) is 14.4 Å². The van der Waals surface area contributed by atoms with Crippen LogP contribution in [0.25, 0.3) is 0 Å². The lowest BCUT2D eigenvalue weighted by Gasteiger charge is -2.14. The van der Waals surface area contributed by atoms with Crippen molar-refractivity contribution in [1.82, 2.24) is 0 Å². The smallest absolute Gasteiger partial charge is 0.309 e. The Morgan fingerprint density at radius 3 is 2.26 bits per heavy atom. The topological polar surface area (TPSA) is 69.7 Å². The molecule has 0 aliphatic heterocycles. The van der Waals surface area contributed by atoms with Crippen molar-refractivity contribution in [2.24, 2.45) is 5.92 Å². The van der Waals surface area contributed by atoms with Crippen molar-refractivity contribution in [3.63, 3.8) is 0 Å². The van der Waals surface area contributed by atoms with Crippen molar-refractivity contribution in [2.75, 3.05) is 19.0 Å². The zero-order chi connectivity index (χ0) is 17.1. The zero-order valence-electron chi connectivity index (χ0n) is 13.4. The molecule has 1 aromatic rings. The Hall–Kier alpha value is -1.82. The van der Waals surface area contributed by atoms with E-state index in [0.717, 1.165) is 4.90 Å². The Balaban J connectivity index is 2.55. The van der Waals surface area contributed by atoms with E-state index in [1.807, 2.05) is 30.3 Å². The first-order valence-corrected chi connectivity index (χ1v) is 8.57. The summed E-state index contributed by atoms with van der Waals surface area (Å²) >= 11 is 1.41. The third kappa shape index (κ3) is 7.83. The van der Waals surface area contributed by atoms with Gasteiger partial charge in [0.05, 0.1) is 31.3 Å². The average Bonchev–Trinajstić information content (AvgIpc) is 2.54. The van der Waals surface area contributed by atoms with Gasteiger partial charge in [-0.15, -0.1) is 11.8 Å². The summed E-state index contributed by atoms with van der Waals surface area (Å²) in [5.41, 5.74) is 0. The molecule has 0 fully saturated rings. The van der Waals surface area contributed by atoms with Gasteiger partial charge < -0.3 is 9.47 Å². The number of rotatable bonds is 10. The maximum atomic E-state index is 12.1. The SMILES string of the molecule is CCOC(=O)CC(CC(=O)CSc1ccccc1)C(=O)OCC. The van der Waals surface area contributed by atoms with E-state index in [1.165, 1.54) is 11.8 Å². The van der Waals surface area contributed by atoms with E-state index < -0.39 is 17.9 Å². The van der Waals surface area contributed by atoms with Gasteiger partial charge in [-0.25, -0.2) is 0 Å². The third-order valence-electron chi connectivity index (χ3n) is 2.96. The molecular weight excluding hydrogens is 316 g/mol. The van der Waals surface area contributed by atoms with Crippen molar-refractivity contribution >= 4 is 29.5 Å². The molecule has 6 heteroatoms. The number of ether oxygens (including phenoxy) is 2. The van der Waals surface area contributed by atoms with Crippen molar-refractivity contribution in [3.8, 4) is 0 Å². The highest BCUT2D eigenvalue weighted by molar-refractivity contribution is 8.00. The number of carbonyl (C=O) groups excluding carboxylic acids is 3. The molecule has 1 unspecified atom stereocenters. The Kier molecular flexibility index (Phi) is 9.05. The Morgan fingerprint density at radius 1 is 1.00 bits per heavy atom. The number of hydrogen-bond acceptors (Lipinski definition) is 6. The number of ketones is 1. The van der Waals surface area contributed by atoms with Gasteiger partial charge in [0.1, 0.15) is 5.78 Å². The van der Waals surface area contributed by atoms with E-state index in [1.54, 1.807) is 13.8 Å². The highest BCUT2D eigenvalue weighted by atomic mass is 32.2. The normalized spacial score (nSPS) is 11.6. The fourth-order valence-corrected chi connectivity index (χ4v) is 2.73. The molecule has 0 aromatic heterocycles. The lowest BCUT2D eigenvalue weighted by Crippen LogP contribution is -2.25. The summed E-state index contributed by atoms with van der Waals surface area (Å²) in [7, 11) is 0. The summed E-state index contributed by atoms with van der Waals surface area (Å²) in [6, 6.07) is 9.53. The molecule has 0 saturated carbocycles. The molecule has 0 saturated heterocycles. The molecule has 1 rings (SSSR count). The minimum Gasteiger partial charge on any atom is -0.466 e. The van der Waals surface area contributed by atoms with Gasteiger partial charge in [-0.2, -0.15) is 0 Å². The summed E-state index contributed by atoms with van der Waals surface area (Å²) in [5.74, 6) is -1.64. The summed E-state index contributed by atoms with van der Waals surface area (Å²) in [4.78, 5) is 36.6. The van der Waals surface area contributed by atoms with Gasteiger partial charge in [0.15, 0.2) is 0 Å². The van der Waals surface area contributed by atoms with Crippen molar-refractivity contribution in [1.29, 1.82) is 0 Å². The van der Waals surface area contributed by atoms with Crippen LogP contribution in [0.5, 0.6) is 0 Å². The van der Waals surface area contributed by atoms with E-state index in [2.05, 4.69) is 0 Å². The predicted molar refractivity (Wildman–Crippen MR) is 88.2 cm³/mol. The first-order valence-electron chi connectivity index (χ1n) is 7.58. The minimum atomic E-state index is -0.780. The van der Waals surface area contributed by atoms with E-state index in [9.17, 15) is 14.4 Å². The van der Waals surface area contributed by atoms with Crippen molar-refractivity contribution < 1.29 is 23.9 Å². The van der Waals surface area contributed by atoms with Crippen molar-refractivity contribution in [2.45, 2.75) is 31.6 Å². The maximum absolute atomic E-state index is 12.1. The fraction of sp³-hybridized carbons (Fsp3) is 0.471. The third-order valence-corrected chi connectivity index (χ3v) is 4.03. The molecule has 0 aliphatic rings. The van der Waals surface area contributed by atoms with E-state index >= 15 is 0 Å². The van der Waals surface area contributed by atoms with Gasteiger partial charge >= 0.3 is 11.9 Å². The average molecular weight is 338 g/mol. The molecule has 5 nitrogen and oxygen atoms in total. The Morgan fingerprint density at radius 2 is 1.65 bits per heavy atom. The van der Waals surface area contributed by atoms with Crippen molar-refractivity contribution in [3.05, 3.63) is 30.3 Å². The van der Waals surface area contributed by atoms with Crippen LogP contribution in [-0.2, 0) is 23.9 Å². The second-order valence-corrected chi connectivity index (χ2v) is 5.85. The molecule has 0 spiro atoms. The number of Topliss-reactive ketones (excluding diaryl/α,β-unsaturated/α-hetero) is 1. The summed E-state index contributed by atoms with van der Waals surface area (Å²) < 4.78 is 9.79. The van der Waals surface area contributed by atoms with E-state index in [-0.39, 0.29) is 37.6 Å². The van der Waals surface area contributed by atoms with Gasteiger partial charge in [0, 0.05) is 11.3 Å². The van der Waals surface area contributed by atoms with Crippen LogP contribution < -0.4 is 0 Å². The van der Waals surface area contributed by atoms with E-state index in [0.29, 0.717) is 0 Å². The van der Waals surface area contributed by atoms with Crippen LogP contribution in [0.1, 0.15) is 26.7 Å². The fourth-order valence-electron chi connectivity index (χ4n) is 1.93. The van der Waals surface area contributed by atoms with E-state index in [4.69, 9.17) is 9.47 Å². The summed E-state index contributed by atoms with van der Waals surface area (Å²) in [6.07, 6.45) is -0.147. The summed E-state index contributed by atoms with van der Waals surface area (Å²) in [6.45, 7) is 3.84. The highest BCUT2D eigenvalue weighted by Gasteiger charge is 2.26. The quantitative estimate of drug-likeness (QED) is 0.483. The number of esters is 2. The standard InChI is InChI=1S/C17H22O5S/c1-3-21-16(19)11-13(17(20)22-4-2)10-14(18)12-23-15-8-6-5-7-9-15/h5-9,13H,3-4,10-12H2,1-2H3. The molecule has 0 aliphatic carbocycles. The molecule has 0 amide bonds. The number of hydrogen-bond donors (Lipinski definition) is 0. The molecule has 1 atom stereocenters. The number of carbonyl (C=O) groups is 3. The van der Waals surface area contributed by atoms with Crippen LogP contribution >= 0.6 is 11.8 Å². The van der Waals surface area contributed by atoms with Crippen LogP contribution in [0.4, 0.5) is 0 Å². The first-order chi connectivity index (χ1) is 11.1. The van der Waals surface area contributed by atoms with Crippen LogP contribution in [0.15, 0.2) is 35.2 Å². The Bertz CT molecular complexity index is 515. The van der Waals surface area contributed by atoms with Gasteiger partial charge in [0.25, 0.3) is 0 Å². The molecule has 0 radical (unpaired) electrons. The summed E-state index contributed by atoms with van der Waals surface area (Å²) in [5, 5.41) is 0. The predicted octanol–water partition coefficient (Wildman–Crippen LogP) is 2.87.